The van der Waals surface area contributed by atoms with Crippen molar-refractivity contribution in [3.05, 3.63) is 299 Å². The van der Waals surface area contributed by atoms with Crippen LogP contribution >= 0.6 is 0 Å². The van der Waals surface area contributed by atoms with Crippen molar-refractivity contribution >= 4 is 80.0 Å². The summed E-state index contributed by atoms with van der Waals surface area (Å²) in [6.45, 7) is 14.2. The zero-order valence-corrected chi connectivity index (χ0v) is 47.7. The van der Waals surface area contributed by atoms with E-state index < -0.39 is 0 Å². The molecule has 0 N–H and O–H groups in total. The molecule has 0 unspecified atom stereocenters. The number of anilines is 6. The molecule has 0 saturated carbocycles. The van der Waals surface area contributed by atoms with Gasteiger partial charge < -0.3 is 9.80 Å². The van der Waals surface area contributed by atoms with Crippen molar-refractivity contribution in [2.75, 3.05) is 9.80 Å². The van der Waals surface area contributed by atoms with Gasteiger partial charge >= 0.3 is 0 Å². The summed E-state index contributed by atoms with van der Waals surface area (Å²) in [6.07, 6.45) is 16.8. The first-order valence-corrected chi connectivity index (χ1v) is 29.0. The maximum Gasteiger partial charge on any atom is 0.0645 e. The van der Waals surface area contributed by atoms with E-state index in [1.165, 1.54) is 111 Å². The van der Waals surface area contributed by atoms with Gasteiger partial charge in [-0.2, -0.15) is 0 Å². The summed E-state index contributed by atoms with van der Waals surface area (Å²) in [5, 5.41) is 4.83. The number of benzene rings is 10. The van der Waals surface area contributed by atoms with Gasteiger partial charge in [0.2, 0.25) is 0 Å². The third kappa shape index (κ3) is 8.18. The Morgan fingerprint density at radius 2 is 0.602 bits per heavy atom. The van der Waals surface area contributed by atoms with Crippen molar-refractivity contribution < 1.29 is 0 Å². The highest BCUT2D eigenvalue weighted by molar-refractivity contribution is 6.01. The van der Waals surface area contributed by atoms with E-state index in [2.05, 4.69) is 292 Å². The van der Waals surface area contributed by atoms with Gasteiger partial charge in [0, 0.05) is 50.8 Å². The molecule has 15 rings (SSSR count). The lowest BCUT2D eigenvalue weighted by molar-refractivity contribution is 0.660. The van der Waals surface area contributed by atoms with Crippen LogP contribution in [0.2, 0.25) is 0 Å². The minimum atomic E-state index is -0.207. The highest BCUT2D eigenvalue weighted by atomic mass is 15.2. The number of hydrogen-bond acceptors (Lipinski definition) is 4. The van der Waals surface area contributed by atoms with Crippen molar-refractivity contribution in [1.29, 1.82) is 0 Å². The minimum absolute atomic E-state index is 0.163. The fourth-order valence-electron chi connectivity index (χ4n) is 14.0. The normalized spacial score (nSPS) is 14.6. The first-order valence-electron chi connectivity index (χ1n) is 29.0. The summed E-state index contributed by atoms with van der Waals surface area (Å²) in [5.74, 6) is 0. The number of aromatic nitrogens is 2. The molecule has 0 aliphatic heterocycles. The van der Waals surface area contributed by atoms with Gasteiger partial charge in [0.05, 0.1) is 35.1 Å². The van der Waals surface area contributed by atoms with E-state index in [-0.39, 0.29) is 16.2 Å². The van der Waals surface area contributed by atoms with Crippen molar-refractivity contribution in [1.82, 2.24) is 9.97 Å². The van der Waals surface area contributed by atoms with Crippen molar-refractivity contribution in [3.8, 4) is 33.4 Å². The van der Waals surface area contributed by atoms with Crippen molar-refractivity contribution in [2.45, 2.75) is 57.8 Å². The lowest BCUT2D eigenvalue weighted by Crippen LogP contribution is -2.17. The second kappa shape index (κ2) is 19.1. The Kier molecular flexibility index (Phi) is 11.5. The fourth-order valence-corrected chi connectivity index (χ4v) is 14.0. The highest BCUT2D eigenvalue weighted by Gasteiger charge is 2.39. The van der Waals surface area contributed by atoms with E-state index >= 15 is 0 Å². The highest BCUT2D eigenvalue weighted by Crippen LogP contribution is 2.54. The minimum Gasteiger partial charge on any atom is -0.308 e. The van der Waals surface area contributed by atoms with Crippen LogP contribution in [0.15, 0.2) is 243 Å². The van der Waals surface area contributed by atoms with Crippen LogP contribution in [0.25, 0.3) is 79.2 Å². The molecule has 2 aromatic heterocycles. The Morgan fingerprint density at radius 1 is 0.289 bits per heavy atom. The van der Waals surface area contributed by atoms with Crippen LogP contribution in [0.5, 0.6) is 0 Å². The topological polar surface area (TPSA) is 32.3 Å². The number of fused-ring (bicyclic) bond motifs is 11. The standard InChI is InChI=1S/C79H62N4/c1-77(2)69-43-51(25-27-53-31-37-65-67-39-33-57(47-73(67)78(3,4)71(65)45-53)82(59-19-13-41-80-49-59)75-23-11-17-55-15-7-9-21-61(55)75)29-35-63(69)64-36-30-52(44-70(64)77)26-28-54-32-38-66-68-40-34-58(48-74(68)79(5,6)72(66)46-54)83(60-20-14-42-81-50-60)76-24-12-18-56-16-8-10-22-62(56)76/h7-50H,1-6H3/b27-25+,28-26+. The summed E-state index contributed by atoms with van der Waals surface area (Å²) < 4.78 is 0. The van der Waals surface area contributed by atoms with Gasteiger partial charge in [0.15, 0.2) is 0 Å². The summed E-state index contributed by atoms with van der Waals surface area (Å²) in [7, 11) is 0. The summed E-state index contributed by atoms with van der Waals surface area (Å²) in [6, 6.07) is 80.7. The van der Waals surface area contributed by atoms with Gasteiger partial charge in [-0.15, -0.1) is 0 Å². The molecule has 3 aliphatic carbocycles. The molecule has 10 aromatic carbocycles. The zero-order valence-electron chi connectivity index (χ0n) is 47.7. The molecular formula is C79H62N4. The molecule has 398 valence electrons. The van der Waals surface area contributed by atoms with E-state index in [1.807, 2.05) is 36.9 Å². The molecular weight excluding hydrogens is 1000 g/mol. The lowest BCUT2D eigenvalue weighted by Gasteiger charge is -2.28. The molecule has 83 heavy (non-hydrogen) atoms. The molecule has 0 saturated heterocycles. The Balaban J connectivity index is 0.671. The predicted molar refractivity (Wildman–Crippen MR) is 350 cm³/mol. The molecule has 0 amide bonds. The maximum absolute atomic E-state index is 4.55. The van der Waals surface area contributed by atoms with E-state index in [0.717, 1.165) is 34.1 Å². The second-order valence-corrected chi connectivity index (χ2v) is 24.3. The van der Waals surface area contributed by atoms with Gasteiger partial charge in [-0.25, -0.2) is 0 Å². The van der Waals surface area contributed by atoms with Crippen LogP contribution in [0.3, 0.4) is 0 Å². The molecule has 12 aromatic rings. The SMILES string of the molecule is CC1(C)c2cc(/C=C/c3ccc4c(c3)C(C)(C)c3cc(N(c5cccnc5)c5cccc6ccccc56)ccc3-4)ccc2-c2ccc(/C=C/c3ccc4c(c3)C(C)(C)c3cc(N(c5cccnc5)c5cccc6ccccc56)ccc3-4)cc21. The zero-order chi connectivity index (χ0) is 56.2. The maximum atomic E-state index is 4.55. The predicted octanol–water partition coefficient (Wildman–Crippen LogP) is 21.0. The van der Waals surface area contributed by atoms with E-state index in [1.54, 1.807) is 0 Å². The third-order valence-electron chi connectivity index (χ3n) is 18.4. The van der Waals surface area contributed by atoms with Crippen LogP contribution in [-0.2, 0) is 16.2 Å². The molecule has 4 nitrogen and oxygen atoms in total. The Labute approximate surface area is 487 Å². The average molecular weight is 1070 g/mol. The molecule has 2 heterocycles. The number of rotatable bonds is 10. The van der Waals surface area contributed by atoms with Crippen LogP contribution in [0.1, 0.15) is 97.2 Å². The van der Waals surface area contributed by atoms with E-state index in [0.29, 0.717) is 0 Å². The second-order valence-electron chi connectivity index (χ2n) is 24.3. The van der Waals surface area contributed by atoms with Gasteiger partial charge in [0.25, 0.3) is 0 Å². The van der Waals surface area contributed by atoms with Crippen molar-refractivity contribution in [3.63, 3.8) is 0 Å². The van der Waals surface area contributed by atoms with Crippen LogP contribution in [0, 0.1) is 0 Å². The molecule has 0 fully saturated rings. The molecule has 0 spiro atoms. The van der Waals surface area contributed by atoms with Crippen LogP contribution in [-0.4, -0.2) is 9.97 Å². The van der Waals surface area contributed by atoms with Gasteiger partial charge in [-0.05, 0) is 160 Å². The Hall–Kier alpha value is -9.90. The quantitative estimate of drug-likeness (QED) is 0.128. The van der Waals surface area contributed by atoms with Gasteiger partial charge in [0.1, 0.15) is 0 Å². The molecule has 0 bridgehead atoms. The summed E-state index contributed by atoms with van der Waals surface area (Å²) in [5.41, 5.74) is 26.7. The van der Waals surface area contributed by atoms with Gasteiger partial charge in [-0.3, -0.25) is 9.97 Å². The summed E-state index contributed by atoms with van der Waals surface area (Å²) in [4.78, 5) is 13.8. The first kappa shape index (κ1) is 50.1. The van der Waals surface area contributed by atoms with E-state index in [4.69, 9.17) is 0 Å². The molecule has 0 radical (unpaired) electrons. The Morgan fingerprint density at radius 3 is 0.940 bits per heavy atom. The number of nitrogens with zero attached hydrogens (tertiary/aromatic N) is 4. The van der Waals surface area contributed by atoms with Crippen molar-refractivity contribution in [2.24, 2.45) is 0 Å². The number of hydrogen-bond donors (Lipinski definition) is 0. The molecule has 0 atom stereocenters. The Bertz CT molecular complexity index is 4350. The monoisotopic (exact) mass is 1070 g/mol. The molecule has 3 aliphatic rings. The summed E-state index contributed by atoms with van der Waals surface area (Å²) >= 11 is 0. The third-order valence-corrected chi connectivity index (χ3v) is 18.4. The van der Waals surface area contributed by atoms with Crippen LogP contribution < -0.4 is 9.80 Å². The smallest absolute Gasteiger partial charge is 0.0645 e. The van der Waals surface area contributed by atoms with E-state index in [9.17, 15) is 0 Å². The average Bonchev–Trinajstić information content (AvgIpc) is 4.07. The molecule has 4 heteroatoms. The fraction of sp³-hybridized carbons (Fsp3) is 0.114. The van der Waals surface area contributed by atoms with Crippen LogP contribution in [0.4, 0.5) is 34.1 Å². The largest absolute Gasteiger partial charge is 0.308 e. The first-order chi connectivity index (χ1) is 40.4. The van der Waals surface area contributed by atoms with Gasteiger partial charge in [-0.1, -0.05) is 224 Å². The lowest BCUT2D eigenvalue weighted by atomic mass is 9.81. The number of pyridine rings is 2.